The highest BCUT2D eigenvalue weighted by molar-refractivity contribution is 8.18. The first kappa shape index (κ1) is 21.7. The summed E-state index contributed by atoms with van der Waals surface area (Å²) in [5.41, 5.74) is 7.29. The molecule has 1 saturated heterocycles. The second kappa shape index (κ2) is 7.56. The molecule has 2 aromatic carbocycles. The van der Waals surface area contributed by atoms with E-state index in [4.69, 9.17) is 4.74 Å². The van der Waals surface area contributed by atoms with Crippen molar-refractivity contribution in [2.45, 2.75) is 58.3 Å². The van der Waals surface area contributed by atoms with E-state index in [0.29, 0.717) is 4.91 Å². The molecule has 0 spiro atoms. The van der Waals surface area contributed by atoms with E-state index in [2.05, 4.69) is 52.1 Å². The van der Waals surface area contributed by atoms with Crippen molar-refractivity contribution in [3.05, 3.63) is 57.5 Å². The third kappa shape index (κ3) is 3.91. The number of aryl methyl sites for hydroxylation is 1. The van der Waals surface area contributed by atoms with Crippen LogP contribution < -0.4 is 10.1 Å². The Morgan fingerprint density at radius 3 is 2.19 bits per heavy atom. The number of imide groups is 1. The van der Waals surface area contributed by atoms with E-state index in [0.717, 1.165) is 40.6 Å². The predicted octanol–water partition coefficient (Wildman–Crippen LogP) is 6.34. The summed E-state index contributed by atoms with van der Waals surface area (Å²) in [6, 6.07) is 10.6. The Kier molecular flexibility index (Phi) is 5.29. The van der Waals surface area contributed by atoms with Crippen molar-refractivity contribution in [2.24, 2.45) is 0 Å². The van der Waals surface area contributed by atoms with Gasteiger partial charge < -0.3 is 4.74 Å². The van der Waals surface area contributed by atoms with Crippen molar-refractivity contribution in [3.8, 4) is 16.9 Å². The molecule has 1 heterocycles. The fraction of sp³-hybridized carbons (Fsp3) is 0.385. The number of rotatable bonds is 3. The second-order valence-corrected chi connectivity index (χ2v) is 10.8. The van der Waals surface area contributed by atoms with Gasteiger partial charge in [0.1, 0.15) is 5.75 Å². The van der Waals surface area contributed by atoms with Crippen molar-refractivity contribution < 1.29 is 14.3 Å². The molecule has 4 rings (SSSR count). The lowest BCUT2D eigenvalue weighted by atomic mass is 9.62. The van der Waals surface area contributed by atoms with Crippen LogP contribution in [-0.4, -0.2) is 18.3 Å². The van der Waals surface area contributed by atoms with E-state index in [9.17, 15) is 9.59 Å². The molecule has 162 valence electrons. The van der Waals surface area contributed by atoms with Crippen LogP contribution >= 0.6 is 11.8 Å². The number of hydrogen-bond donors (Lipinski definition) is 1. The number of thioether (sulfide) groups is 1. The summed E-state index contributed by atoms with van der Waals surface area (Å²) in [5, 5.41) is 1.98. The Morgan fingerprint density at radius 1 is 0.968 bits per heavy atom. The maximum Gasteiger partial charge on any atom is 0.290 e. The van der Waals surface area contributed by atoms with E-state index in [1.54, 1.807) is 13.2 Å². The highest BCUT2D eigenvalue weighted by atomic mass is 32.2. The lowest BCUT2D eigenvalue weighted by Gasteiger charge is -2.42. The molecular weight excluding hydrogens is 406 g/mol. The van der Waals surface area contributed by atoms with Gasteiger partial charge in [-0.1, -0.05) is 39.8 Å². The van der Waals surface area contributed by atoms with Gasteiger partial charge in [0.2, 0.25) is 0 Å². The van der Waals surface area contributed by atoms with Gasteiger partial charge in [-0.15, -0.1) is 0 Å². The predicted molar refractivity (Wildman–Crippen MR) is 128 cm³/mol. The van der Waals surface area contributed by atoms with Gasteiger partial charge in [-0.3, -0.25) is 14.9 Å². The van der Waals surface area contributed by atoms with Crippen LogP contribution in [0.15, 0.2) is 35.2 Å². The zero-order valence-corrected chi connectivity index (χ0v) is 19.8. The second-order valence-electron chi connectivity index (χ2n) is 9.79. The van der Waals surface area contributed by atoms with Crippen molar-refractivity contribution >= 4 is 29.0 Å². The molecule has 1 fully saturated rings. The fourth-order valence-corrected chi connectivity index (χ4v) is 5.29. The number of methoxy groups -OCH3 is 1. The van der Waals surface area contributed by atoms with Gasteiger partial charge in [-0.2, -0.15) is 0 Å². The number of hydrogen-bond acceptors (Lipinski definition) is 4. The highest BCUT2D eigenvalue weighted by Gasteiger charge is 2.37. The molecule has 1 aliphatic heterocycles. The van der Waals surface area contributed by atoms with Gasteiger partial charge in [0.25, 0.3) is 11.1 Å². The standard InChI is InChI=1S/C26H29NO3S/c1-15-11-19-20(26(4,5)10-9-25(19,2)3)14-17(15)18-12-16(7-8-21(18)30-6)13-22-23(28)27-24(29)31-22/h7-8,11-14H,9-10H2,1-6H3,(H,27,28,29)/b22-13-. The molecule has 1 aliphatic carbocycles. The fourth-order valence-electron chi connectivity index (χ4n) is 4.61. The summed E-state index contributed by atoms with van der Waals surface area (Å²) >= 11 is 0.932. The van der Waals surface area contributed by atoms with Crippen LogP contribution in [0, 0.1) is 6.92 Å². The SMILES string of the molecule is COc1ccc(/C=C2\SC(=O)NC2=O)cc1-c1cc2c(cc1C)C(C)(C)CCC2(C)C. The topological polar surface area (TPSA) is 55.4 Å². The minimum atomic E-state index is -0.346. The first-order valence-electron chi connectivity index (χ1n) is 10.6. The summed E-state index contributed by atoms with van der Waals surface area (Å²) in [6.07, 6.45) is 4.09. The lowest BCUT2D eigenvalue weighted by molar-refractivity contribution is -0.115. The Morgan fingerprint density at radius 2 is 1.61 bits per heavy atom. The molecule has 2 amide bonds. The molecule has 0 saturated carbocycles. The van der Waals surface area contributed by atoms with Crippen LogP contribution in [0.25, 0.3) is 17.2 Å². The Balaban J connectivity index is 1.87. The van der Waals surface area contributed by atoms with Gasteiger partial charge in [0.15, 0.2) is 0 Å². The summed E-state index contributed by atoms with van der Waals surface area (Å²) in [6.45, 7) is 11.5. The Bertz CT molecular complexity index is 1130. The molecule has 0 bridgehead atoms. The van der Waals surface area contributed by atoms with E-state index in [-0.39, 0.29) is 22.0 Å². The van der Waals surface area contributed by atoms with Crippen LogP contribution in [0.5, 0.6) is 5.75 Å². The molecule has 0 radical (unpaired) electrons. The monoisotopic (exact) mass is 435 g/mol. The molecule has 2 aromatic rings. The molecule has 2 aliphatic rings. The van der Waals surface area contributed by atoms with Gasteiger partial charge in [0.05, 0.1) is 12.0 Å². The van der Waals surface area contributed by atoms with Gasteiger partial charge in [0, 0.05) is 5.56 Å². The number of carbonyl (C=O) groups excluding carboxylic acids is 2. The zero-order valence-electron chi connectivity index (χ0n) is 19.0. The molecule has 1 N–H and O–H groups in total. The van der Waals surface area contributed by atoms with Crippen LogP contribution in [0.1, 0.15) is 62.8 Å². The van der Waals surface area contributed by atoms with E-state index < -0.39 is 0 Å². The summed E-state index contributed by atoms with van der Waals surface area (Å²) in [7, 11) is 1.68. The first-order valence-corrected chi connectivity index (χ1v) is 11.4. The number of ether oxygens (including phenoxy) is 1. The molecule has 0 atom stereocenters. The summed E-state index contributed by atoms with van der Waals surface area (Å²) in [5.74, 6) is 0.444. The first-order chi connectivity index (χ1) is 14.5. The van der Waals surface area contributed by atoms with Gasteiger partial charge in [-0.25, -0.2) is 0 Å². The van der Waals surface area contributed by atoms with Crippen LogP contribution in [0.3, 0.4) is 0 Å². The third-order valence-corrected chi connectivity index (χ3v) is 7.46. The average Bonchev–Trinajstić information content (AvgIpc) is 3.02. The van der Waals surface area contributed by atoms with Crippen LogP contribution in [0.2, 0.25) is 0 Å². The number of fused-ring (bicyclic) bond motifs is 1. The summed E-state index contributed by atoms with van der Waals surface area (Å²) < 4.78 is 5.70. The Labute approximate surface area is 188 Å². The molecule has 0 unspecified atom stereocenters. The quantitative estimate of drug-likeness (QED) is 0.571. The highest BCUT2D eigenvalue weighted by Crippen LogP contribution is 2.48. The maximum absolute atomic E-state index is 12.0. The minimum absolute atomic E-state index is 0.110. The minimum Gasteiger partial charge on any atom is -0.496 e. The van der Waals surface area contributed by atoms with E-state index in [1.165, 1.54) is 23.1 Å². The lowest BCUT2D eigenvalue weighted by Crippen LogP contribution is -2.34. The number of benzene rings is 2. The molecular formula is C26H29NO3S. The number of amides is 2. The molecule has 31 heavy (non-hydrogen) atoms. The smallest absolute Gasteiger partial charge is 0.290 e. The van der Waals surface area contributed by atoms with Crippen molar-refractivity contribution in [3.63, 3.8) is 0 Å². The van der Waals surface area contributed by atoms with Crippen molar-refractivity contribution in [1.82, 2.24) is 5.32 Å². The molecule has 0 aromatic heterocycles. The average molecular weight is 436 g/mol. The van der Waals surface area contributed by atoms with Gasteiger partial charge >= 0.3 is 0 Å². The maximum atomic E-state index is 12.0. The number of nitrogens with one attached hydrogen (secondary N) is 1. The molecule has 4 nitrogen and oxygen atoms in total. The molecule has 5 heteroatoms. The third-order valence-electron chi connectivity index (χ3n) is 6.65. The van der Waals surface area contributed by atoms with E-state index >= 15 is 0 Å². The Hall–Kier alpha value is -2.53. The van der Waals surface area contributed by atoms with Crippen LogP contribution in [-0.2, 0) is 15.6 Å². The van der Waals surface area contributed by atoms with Crippen molar-refractivity contribution in [1.29, 1.82) is 0 Å². The van der Waals surface area contributed by atoms with E-state index in [1.807, 2.05) is 18.2 Å². The number of carbonyl (C=O) groups is 2. The van der Waals surface area contributed by atoms with Crippen LogP contribution in [0.4, 0.5) is 4.79 Å². The normalized spacial score (nSPS) is 20.5. The largest absolute Gasteiger partial charge is 0.496 e. The van der Waals surface area contributed by atoms with Crippen molar-refractivity contribution in [2.75, 3.05) is 7.11 Å². The van der Waals surface area contributed by atoms with Gasteiger partial charge in [-0.05, 0) is 94.4 Å². The summed E-state index contributed by atoms with van der Waals surface area (Å²) in [4.78, 5) is 23.9. The zero-order chi connectivity index (χ0) is 22.6.